The third-order valence-corrected chi connectivity index (χ3v) is 4.46. The lowest BCUT2D eigenvalue weighted by Gasteiger charge is -2.28. The minimum Gasteiger partial charge on any atom is -0.755 e. The van der Waals surface area contributed by atoms with Crippen LogP contribution < -0.4 is 4.31 Å². The van der Waals surface area contributed by atoms with Gasteiger partial charge in [0.05, 0.1) is 30.5 Å². The van der Waals surface area contributed by atoms with Crippen LogP contribution in [0.25, 0.3) is 0 Å². The first-order valence-corrected chi connectivity index (χ1v) is 8.63. The first-order valence-electron chi connectivity index (χ1n) is 7.22. The van der Waals surface area contributed by atoms with Gasteiger partial charge in [0.1, 0.15) is 0 Å². The van der Waals surface area contributed by atoms with Crippen LogP contribution in [0.4, 0.5) is 11.6 Å². The molecule has 2 rings (SSSR count). The lowest BCUT2D eigenvalue weighted by molar-refractivity contribution is -0.141. The molecular weight excluding hydrogens is 354 g/mol. The number of methoxy groups -OCH3 is 1. The fraction of sp³-hybridized carbons (Fsp3) is 0.333. The summed E-state index contributed by atoms with van der Waals surface area (Å²) in [5.74, 6) is -0.177. The second-order valence-corrected chi connectivity index (χ2v) is 6.20. The van der Waals surface area contributed by atoms with Gasteiger partial charge in [0.15, 0.2) is 0 Å². The van der Waals surface area contributed by atoms with E-state index < -0.39 is 11.3 Å². The second kappa shape index (κ2) is 8.27. The lowest BCUT2D eigenvalue weighted by Crippen LogP contribution is -2.25. The molecule has 0 aliphatic rings. The van der Waals surface area contributed by atoms with E-state index in [2.05, 4.69) is 4.98 Å². The Hall–Kier alpha value is -1.90. The third kappa shape index (κ3) is 4.14. The van der Waals surface area contributed by atoms with Crippen molar-refractivity contribution in [3.05, 3.63) is 41.7 Å². The zero-order valence-electron chi connectivity index (χ0n) is 13.2. The number of ether oxygens (including phenoxy) is 1. The molecule has 2 aromatic rings. The second-order valence-electron chi connectivity index (χ2n) is 4.96. The van der Waals surface area contributed by atoms with Crippen molar-refractivity contribution in [2.45, 2.75) is 25.8 Å². The number of nitrogens with zero attached hydrogens (tertiary/aromatic N) is 3. The number of imidazole rings is 1. The van der Waals surface area contributed by atoms with Crippen LogP contribution >= 0.6 is 11.6 Å². The molecule has 24 heavy (non-hydrogen) atoms. The number of rotatable bonds is 7. The number of esters is 1. The van der Waals surface area contributed by atoms with Crippen LogP contribution in [-0.4, -0.2) is 31.4 Å². The molecule has 0 radical (unpaired) electrons. The molecule has 0 amide bonds. The molecule has 0 spiro atoms. The fourth-order valence-corrected chi connectivity index (χ4v) is 3.00. The molecule has 2 unspecified atom stereocenters. The molecular formula is C15H17ClN3O4S-. The van der Waals surface area contributed by atoms with Crippen molar-refractivity contribution in [3.8, 4) is 0 Å². The van der Waals surface area contributed by atoms with Crippen molar-refractivity contribution in [3.63, 3.8) is 0 Å². The molecule has 130 valence electrons. The standard InChI is InChI=1S/C15H18ClN3O4S/c1-3-12(10-14(20)23-2)18-9-8-17-15(18)19(24(21)22)13-6-4-11(16)5-7-13/h4-9,12H,3,10H2,1-2H3,(H,21,22)/p-1. The molecule has 2 atom stereocenters. The van der Waals surface area contributed by atoms with Crippen molar-refractivity contribution < 1.29 is 18.3 Å². The van der Waals surface area contributed by atoms with E-state index in [9.17, 15) is 13.6 Å². The SMILES string of the molecule is CCC(CC(=O)OC)n1ccnc1N(c1ccc(Cl)cc1)S(=O)[O-]. The summed E-state index contributed by atoms with van der Waals surface area (Å²) in [6.45, 7) is 1.90. The predicted molar refractivity (Wildman–Crippen MR) is 90.7 cm³/mol. The van der Waals surface area contributed by atoms with Crippen molar-refractivity contribution >= 4 is 40.5 Å². The highest BCUT2D eigenvalue weighted by Gasteiger charge is 2.22. The Kier molecular flexibility index (Phi) is 6.36. The van der Waals surface area contributed by atoms with E-state index in [0.717, 1.165) is 4.31 Å². The number of hydrogen-bond acceptors (Lipinski definition) is 5. The van der Waals surface area contributed by atoms with Gasteiger partial charge < -0.3 is 13.9 Å². The smallest absolute Gasteiger partial charge is 0.307 e. The Morgan fingerprint density at radius 3 is 2.67 bits per heavy atom. The first-order chi connectivity index (χ1) is 11.5. The number of anilines is 2. The Balaban J connectivity index is 2.42. The molecule has 0 N–H and O–H groups in total. The number of halogens is 1. The Labute approximate surface area is 147 Å². The maximum atomic E-state index is 11.8. The Morgan fingerprint density at radius 2 is 2.12 bits per heavy atom. The zero-order chi connectivity index (χ0) is 17.7. The summed E-state index contributed by atoms with van der Waals surface area (Å²) >= 11 is 3.26. The van der Waals surface area contributed by atoms with Crippen LogP contribution in [0.2, 0.25) is 5.02 Å². The van der Waals surface area contributed by atoms with Crippen molar-refractivity contribution in [1.82, 2.24) is 9.55 Å². The van der Waals surface area contributed by atoms with Crippen molar-refractivity contribution in [2.75, 3.05) is 11.4 Å². The van der Waals surface area contributed by atoms with Crippen LogP contribution in [-0.2, 0) is 20.8 Å². The summed E-state index contributed by atoms with van der Waals surface area (Å²) in [6.07, 6.45) is 3.86. The Morgan fingerprint density at radius 1 is 1.46 bits per heavy atom. The summed E-state index contributed by atoms with van der Waals surface area (Å²) in [7, 11) is 1.32. The van der Waals surface area contributed by atoms with E-state index in [1.165, 1.54) is 13.3 Å². The monoisotopic (exact) mass is 370 g/mol. The average Bonchev–Trinajstić information content (AvgIpc) is 3.03. The van der Waals surface area contributed by atoms with Crippen LogP contribution in [0.1, 0.15) is 25.8 Å². The van der Waals surface area contributed by atoms with Gasteiger partial charge in [-0.25, -0.2) is 9.29 Å². The van der Waals surface area contributed by atoms with Crippen LogP contribution in [0.5, 0.6) is 0 Å². The van der Waals surface area contributed by atoms with Gasteiger partial charge in [0.25, 0.3) is 0 Å². The molecule has 0 saturated carbocycles. The molecule has 7 nitrogen and oxygen atoms in total. The number of benzene rings is 1. The van der Waals surface area contributed by atoms with E-state index in [0.29, 0.717) is 17.1 Å². The maximum Gasteiger partial charge on any atom is 0.307 e. The average molecular weight is 371 g/mol. The summed E-state index contributed by atoms with van der Waals surface area (Å²) in [5.41, 5.74) is 0.396. The van der Waals surface area contributed by atoms with E-state index in [1.807, 2.05) is 6.92 Å². The van der Waals surface area contributed by atoms with Gasteiger partial charge >= 0.3 is 5.97 Å². The minimum atomic E-state index is -2.59. The van der Waals surface area contributed by atoms with Crippen molar-refractivity contribution in [1.29, 1.82) is 0 Å². The van der Waals surface area contributed by atoms with Gasteiger partial charge in [-0.15, -0.1) is 0 Å². The lowest BCUT2D eigenvalue weighted by atomic mass is 10.1. The fourth-order valence-electron chi connectivity index (χ4n) is 2.31. The summed E-state index contributed by atoms with van der Waals surface area (Å²) in [6, 6.07) is 6.08. The van der Waals surface area contributed by atoms with E-state index in [-0.39, 0.29) is 24.4 Å². The third-order valence-electron chi connectivity index (χ3n) is 3.53. The molecule has 1 aromatic carbocycles. The molecule has 0 bridgehead atoms. The van der Waals surface area contributed by atoms with E-state index >= 15 is 0 Å². The Bertz CT molecular complexity index is 720. The maximum absolute atomic E-state index is 11.8. The largest absolute Gasteiger partial charge is 0.755 e. The van der Waals surface area contributed by atoms with Gasteiger partial charge in [-0.3, -0.25) is 9.00 Å². The normalized spacial score (nSPS) is 13.3. The van der Waals surface area contributed by atoms with Crippen LogP contribution in [0.3, 0.4) is 0 Å². The molecule has 9 heteroatoms. The highest BCUT2D eigenvalue weighted by Crippen LogP contribution is 2.30. The molecule has 1 aromatic heterocycles. The molecule has 0 aliphatic carbocycles. The minimum absolute atomic E-state index is 0.121. The molecule has 1 heterocycles. The number of carbonyl (C=O) groups is 1. The quantitative estimate of drug-likeness (QED) is 0.552. The highest BCUT2D eigenvalue weighted by molar-refractivity contribution is 7.81. The van der Waals surface area contributed by atoms with Crippen LogP contribution in [0.15, 0.2) is 36.7 Å². The first kappa shape index (κ1) is 18.4. The van der Waals surface area contributed by atoms with Crippen molar-refractivity contribution in [2.24, 2.45) is 0 Å². The van der Waals surface area contributed by atoms with Gasteiger partial charge in [-0.2, -0.15) is 0 Å². The van der Waals surface area contributed by atoms with Gasteiger partial charge in [0.2, 0.25) is 5.95 Å². The highest BCUT2D eigenvalue weighted by atomic mass is 35.5. The van der Waals surface area contributed by atoms with Gasteiger partial charge in [0, 0.05) is 23.5 Å². The van der Waals surface area contributed by atoms with Gasteiger partial charge in [-0.1, -0.05) is 18.5 Å². The predicted octanol–water partition coefficient (Wildman–Crippen LogP) is 2.98. The molecule has 0 fully saturated rings. The summed E-state index contributed by atoms with van der Waals surface area (Å²) < 4.78 is 31.0. The zero-order valence-corrected chi connectivity index (χ0v) is 14.8. The summed E-state index contributed by atoms with van der Waals surface area (Å²) in [5, 5.41) is 0.496. The molecule has 0 saturated heterocycles. The summed E-state index contributed by atoms with van der Waals surface area (Å²) in [4.78, 5) is 15.7. The van der Waals surface area contributed by atoms with E-state index in [1.54, 1.807) is 35.0 Å². The molecule has 0 aliphatic heterocycles. The van der Waals surface area contributed by atoms with E-state index in [4.69, 9.17) is 16.3 Å². The topological polar surface area (TPSA) is 87.5 Å². The number of aromatic nitrogens is 2. The number of carbonyl (C=O) groups excluding carboxylic acids is 1. The van der Waals surface area contributed by atoms with Gasteiger partial charge in [-0.05, 0) is 30.7 Å². The van der Waals surface area contributed by atoms with Crippen LogP contribution in [0, 0.1) is 0 Å². The number of hydrogen-bond donors (Lipinski definition) is 0.